The van der Waals surface area contributed by atoms with E-state index in [2.05, 4.69) is 5.32 Å². The van der Waals surface area contributed by atoms with Crippen molar-refractivity contribution in [2.45, 2.75) is 13.8 Å². The SMILES string of the molecule is COC(=O)c1c(NC(=O)/C=C/c2ccccc2)sc(C)c1C. The molecule has 1 amide bonds. The lowest BCUT2D eigenvalue weighted by Crippen LogP contribution is -2.11. The van der Waals surface area contributed by atoms with Crippen molar-refractivity contribution in [2.24, 2.45) is 0 Å². The third-order valence-electron chi connectivity index (χ3n) is 3.24. The van der Waals surface area contributed by atoms with E-state index in [1.165, 1.54) is 24.5 Å². The average Bonchev–Trinajstić information content (AvgIpc) is 2.80. The summed E-state index contributed by atoms with van der Waals surface area (Å²) in [6, 6.07) is 9.53. The Kier molecular flexibility index (Phi) is 5.12. The quantitative estimate of drug-likeness (QED) is 0.689. The fourth-order valence-electron chi connectivity index (χ4n) is 1.95. The van der Waals surface area contributed by atoms with Crippen molar-refractivity contribution in [2.75, 3.05) is 12.4 Å². The maximum atomic E-state index is 12.0. The number of nitrogens with one attached hydrogen (secondary N) is 1. The van der Waals surface area contributed by atoms with Crippen LogP contribution in [0.1, 0.15) is 26.4 Å². The van der Waals surface area contributed by atoms with Gasteiger partial charge in [0, 0.05) is 11.0 Å². The predicted molar refractivity (Wildman–Crippen MR) is 89.2 cm³/mol. The molecule has 0 spiro atoms. The van der Waals surface area contributed by atoms with Gasteiger partial charge in [0.2, 0.25) is 5.91 Å². The molecule has 0 bridgehead atoms. The molecule has 0 fully saturated rings. The van der Waals surface area contributed by atoms with E-state index in [9.17, 15) is 9.59 Å². The summed E-state index contributed by atoms with van der Waals surface area (Å²) < 4.78 is 4.78. The maximum absolute atomic E-state index is 12.0. The number of thiophene rings is 1. The summed E-state index contributed by atoms with van der Waals surface area (Å²) >= 11 is 1.37. The highest BCUT2D eigenvalue weighted by Crippen LogP contribution is 2.32. The third-order valence-corrected chi connectivity index (χ3v) is 4.36. The summed E-state index contributed by atoms with van der Waals surface area (Å²) in [5.41, 5.74) is 2.19. The lowest BCUT2D eigenvalue weighted by molar-refractivity contribution is -0.111. The van der Waals surface area contributed by atoms with Crippen LogP contribution < -0.4 is 5.32 Å². The molecule has 0 aliphatic rings. The summed E-state index contributed by atoms with van der Waals surface area (Å²) in [7, 11) is 1.33. The second-order valence-electron chi connectivity index (χ2n) is 4.71. The Bertz CT molecular complexity index is 717. The maximum Gasteiger partial charge on any atom is 0.341 e. The first-order valence-electron chi connectivity index (χ1n) is 6.75. The molecule has 114 valence electrons. The summed E-state index contributed by atoms with van der Waals surface area (Å²) in [5, 5.41) is 3.27. The van der Waals surface area contributed by atoms with Crippen LogP contribution in [0, 0.1) is 13.8 Å². The number of amides is 1. The number of methoxy groups -OCH3 is 1. The van der Waals surface area contributed by atoms with Crippen LogP contribution in [0.25, 0.3) is 6.08 Å². The number of ether oxygens (including phenoxy) is 1. The highest BCUT2D eigenvalue weighted by atomic mass is 32.1. The minimum atomic E-state index is -0.441. The first kappa shape index (κ1) is 16.0. The fourth-order valence-corrected chi connectivity index (χ4v) is 3.00. The van der Waals surface area contributed by atoms with Crippen LogP contribution in [0.15, 0.2) is 36.4 Å². The number of anilines is 1. The second-order valence-corrected chi connectivity index (χ2v) is 5.94. The summed E-state index contributed by atoms with van der Waals surface area (Å²) in [5.74, 6) is -0.723. The zero-order chi connectivity index (χ0) is 16.1. The number of carbonyl (C=O) groups is 2. The van der Waals surface area contributed by atoms with E-state index in [1.807, 2.05) is 44.2 Å². The minimum Gasteiger partial charge on any atom is -0.465 e. The van der Waals surface area contributed by atoms with E-state index < -0.39 is 5.97 Å². The van der Waals surface area contributed by atoms with Gasteiger partial charge in [-0.15, -0.1) is 11.3 Å². The van der Waals surface area contributed by atoms with Crippen molar-refractivity contribution < 1.29 is 14.3 Å². The first-order chi connectivity index (χ1) is 10.5. The van der Waals surface area contributed by atoms with Crippen LogP contribution in [0.5, 0.6) is 0 Å². The highest BCUT2D eigenvalue weighted by molar-refractivity contribution is 7.16. The summed E-state index contributed by atoms with van der Waals surface area (Å²) in [6.45, 7) is 3.75. The zero-order valence-electron chi connectivity index (χ0n) is 12.7. The molecule has 2 aromatic rings. The predicted octanol–water partition coefficient (Wildman–Crippen LogP) is 3.80. The van der Waals surface area contributed by atoms with Crippen molar-refractivity contribution in [3.8, 4) is 0 Å². The van der Waals surface area contributed by atoms with E-state index in [0.717, 1.165) is 16.0 Å². The van der Waals surface area contributed by atoms with Crippen LogP contribution in [0.3, 0.4) is 0 Å². The fraction of sp³-hybridized carbons (Fsp3) is 0.176. The monoisotopic (exact) mass is 315 g/mol. The summed E-state index contributed by atoms with van der Waals surface area (Å²) in [6.07, 6.45) is 3.17. The van der Waals surface area contributed by atoms with Crippen LogP contribution >= 0.6 is 11.3 Å². The molecule has 0 saturated heterocycles. The standard InChI is InChI=1S/C17H17NO3S/c1-11-12(2)22-16(15(11)17(20)21-3)18-14(19)10-9-13-7-5-4-6-8-13/h4-10H,1-3H3,(H,18,19)/b10-9+. The smallest absolute Gasteiger partial charge is 0.341 e. The van der Waals surface area contributed by atoms with Crippen LogP contribution in [-0.4, -0.2) is 19.0 Å². The van der Waals surface area contributed by atoms with Crippen molar-refractivity contribution in [3.05, 3.63) is 58.0 Å². The van der Waals surface area contributed by atoms with Gasteiger partial charge in [-0.05, 0) is 31.1 Å². The Hall–Kier alpha value is -2.40. The van der Waals surface area contributed by atoms with Crippen molar-refractivity contribution in [3.63, 3.8) is 0 Å². The summed E-state index contributed by atoms with van der Waals surface area (Å²) in [4.78, 5) is 24.8. The molecule has 0 atom stereocenters. The molecular weight excluding hydrogens is 298 g/mol. The Labute approximate surface area is 133 Å². The molecule has 0 saturated carbocycles. The van der Waals surface area contributed by atoms with Crippen LogP contribution in [0.2, 0.25) is 0 Å². The van der Waals surface area contributed by atoms with Crippen LogP contribution in [0.4, 0.5) is 5.00 Å². The number of benzene rings is 1. The average molecular weight is 315 g/mol. The Morgan fingerprint density at radius 3 is 2.50 bits per heavy atom. The minimum absolute atomic E-state index is 0.282. The van der Waals surface area contributed by atoms with Gasteiger partial charge >= 0.3 is 5.97 Å². The topological polar surface area (TPSA) is 55.4 Å². The number of carbonyl (C=O) groups excluding carboxylic acids is 2. The first-order valence-corrected chi connectivity index (χ1v) is 7.57. The van der Waals surface area contributed by atoms with Gasteiger partial charge in [0.15, 0.2) is 0 Å². The number of hydrogen-bond donors (Lipinski definition) is 1. The molecule has 1 aromatic heterocycles. The molecule has 1 N–H and O–H groups in total. The Balaban J connectivity index is 2.17. The Morgan fingerprint density at radius 1 is 1.18 bits per heavy atom. The molecule has 0 radical (unpaired) electrons. The van der Waals surface area contributed by atoms with Gasteiger partial charge < -0.3 is 10.1 Å². The molecular formula is C17H17NO3S. The molecule has 1 aromatic carbocycles. The lowest BCUT2D eigenvalue weighted by atomic mass is 10.1. The highest BCUT2D eigenvalue weighted by Gasteiger charge is 2.20. The van der Waals surface area contributed by atoms with E-state index in [1.54, 1.807) is 6.08 Å². The molecule has 2 rings (SSSR count). The molecule has 0 aliphatic carbocycles. The molecule has 4 nitrogen and oxygen atoms in total. The molecule has 0 unspecified atom stereocenters. The van der Waals surface area contributed by atoms with Gasteiger partial charge in [-0.3, -0.25) is 4.79 Å². The number of hydrogen-bond acceptors (Lipinski definition) is 4. The van der Waals surface area contributed by atoms with Crippen molar-refractivity contribution in [1.29, 1.82) is 0 Å². The van der Waals surface area contributed by atoms with E-state index >= 15 is 0 Å². The van der Waals surface area contributed by atoms with E-state index in [4.69, 9.17) is 4.74 Å². The number of aryl methyl sites for hydroxylation is 1. The molecule has 0 aliphatic heterocycles. The van der Waals surface area contributed by atoms with Gasteiger partial charge in [-0.2, -0.15) is 0 Å². The van der Waals surface area contributed by atoms with Gasteiger partial charge in [0.05, 0.1) is 12.7 Å². The second kappa shape index (κ2) is 7.04. The molecule has 22 heavy (non-hydrogen) atoms. The van der Waals surface area contributed by atoms with Gasteiger partial charge in [0.1, 0.15) is 5.00 Å². The number of esters is 1. The van der Waals surface area contributed by atoms with E-state index in [-0.39, 0.29) is 5.91 Å². The zero-order valence-corrected chi connectivity index (χ0v) is 13.5. The van der Waals surface area contributed by atoms with Crippen molar-refractivity contribution in [1.82, 2.24) is 0 Å². The van der Waals surface area contributed by atoms with Crippen LogP contribution in [-0.2, 0) is 9.53 Å². The van der Waals surface area contributed by atoms with Gasteiger partial charge in [-0.1, -0.05) is 30.3 Å². The van der Waals surface area contributed by atoms with Crippen molar-refractivity contribution >= 4 is 34.3 Å². The van der Waals surface area contributed by atoms with Gasteiger partial charge in [-0.25, -0.2) is 4.79 Å². The normalized spacial score (nSPS) is 10.7. The lowest BCUT2D eigenvalue weighted by Gasteiger charge is -2.04. The molecule has 1 heterocycles. The third kappa shape index (κ3) is 3.62. The number of rotatable bonds is 4. The van der Waals surface area contributed by atoms with E-state index in [0.29, 0.717) is 10.6 Å². The Morgan fingerprint density at radius 2 is 1.86 bits per heavy atom. The largest absolute Gasteiger partial charge is 0.465 e. The van der Waals surface area contributed by atoms with Gasteiger partial charge in [0.25, 0.3) is 0 Å². The molecule has 5 heteroatoms.